The summed E-state index contributed by atoms with van der Waals surface area (Å²) in [5, 5.41) is 0. The molecular weight excluding hydrogens is 182 g/mol. The lowest BCUT2D eigenvalue weighted by molar-refractivity contribution is 0.461. The number of hydrogen-bond donors (Lipinski definition) is 1. The fraction of sp³-hybridized carbons (Fsp3) is 0.571. The van der Waals surface area contributed by atoms with Gasteiger partial charge in [0, 0.05) is 5.54 Å². The summed E-state index contributed by atoms with van der Waals surface area (Å²) in [5.41, 5.74) is 9.10. The molecule has 2 N–H and O–H groups in total. The zero-order valence-corrected chi connectivity index (χ0v) is 9.79. The van der Waals surface area contributed by atoms with Gasteiger partial charge in [0.05, 0.1) is 0 Å². The van der Waals surface area contributed by atoms with Gasteiger partial charge in [-0.25, -0.2) is 0 Å². The fourth-order valence-electron chi connectivity index (χ4n) is 2.49. The minimum atomic E-state index is -0.0322. The van der Waals surface area contributed by atoms with Crippen LogP contribution in [0.2, 0.25) is 0 Å². The van der Waals surface area contributed by atoms with Crippen LogP contribution in [0.3, 0.4) is 0 Å². The van der Waals surface area contributed by atoms with Crippen LogP contribution in [-0.2, 0) is 5.54 Å². The first-order valence-electron chi connectivity index (χ1n) is 6.01. The van der Waals surface area contributed by atoms with Gasteiger partial charge in [-0.3, -0.25) is 0 Å². The van der Waals surface area contributed by atoms with Crippen molar-refractivity contribution in [3.8, 4) is 0 Å². The molecule has 1 aliphatic rings. The highest BCUT2D eigenvalue weighted by Crippen LogP contribution is 2.36. The number of nitrogens with two attached hydrogens (primary N) is 1. The third kappa shape index (κ3) is 2.07. The van der Waals surface area contributed by atoms with E-state index in [1.807, 2.05) is 0 Å². The van der Waals surface area contributed by atoms with Crippen molar-refractivity contribution in [1.29, 1.82) is 0 Å². The van der Waals surface area contributed by atoms with Gasteiger partial charge in [-0.2, -0.15) is 0 Å². The van der Waals surface area contributed by atoms with Gasteiger partial charge in [-0.1, -0.05) is 51.0 Å². The normalized spacial score (nSPS) is 19.7. The summed E-state index contributed by atoms with van der Waals surface area (Å²) < 4.78 is 0. The second-order valence-corrected chi connectivity index (χ2v) is 5.14. The third-order valence-electron chi connectivity index (χ3n) is 3.65. The van der Waals surface area contributed by atoms with Crippen molar-refractivity contribution in [2.45, 2.75) is 51.0 Å². The largest absolute Gasteiger partial charge is 0.321 e. The highest BCUT2D eigenvalue weighted by molar-refractivity contribution is 5.30. The molecule has 0 aliphatic heterocycles. The maximum Gasteiger partial charge on any atom is 0.0409 e. The summed E-state index contributed by atoms with van der Waals surface area (Å²) in [4.78, 5) is 0. The van der Waals surface area contributed by atoms with E-state index in [2.05, 4.69) is 38.1 Å². The molecule has 82 valence electrons. The molecule has 1 nitrogen and oxygen atoms in total. The fourth-order valence-corrected chi connectivity index (χ4v) is 2.49. The summed E-state index contributed by atoms with van der Waals surface area (Å²) in [6, 6.07) is 8.90. The molecule has 0 saturated heterocycles. The van der Waals surface area contributed by atoms with Crippen LogP contribution in [0.1, 0.15) is 56.6 Å². The average Bonchev–Trinajstić information content (AvgIpc) is 2.67. The Morgan fingerprint density at radius 3 is 2.07 bits per heavy atom. The lowest BCUT2D eigenvalue weighted by Crippen LogP contribution is -2.32. The molecule has 1 saturated carbocycles. The van der Waals surface area contributed by atoms with Crippen LogP contribution in [0.4, 0.5) is 0 Å². The van der Waals surface area contributed by atoms with Gasteiger partial charge >= 0.3 is 0 Å². The molecule has 0 bridgehead atoms. The standard InChI is InChI=1S/C14H21N/c1-11(2)12-5-7-13(8-6-12)14(15)9-3-4-10-14/h5-8,11H,3-4,9-10,15H2,1-2H3. The van der Waals surface area contributed by atoms with Crippen molar-refractivity contribution in [3.63, 3.8) is 0 Å². The summed E-state index contributed by atoms with van der Waals surface area (Å²) in [7, 11) is 0. The van der Waals surface area contributed by atoms with E-state index in [0.717, 1.165) is 12.8 Å². The average molecular weight is 203 g/mol. The van der Waals surface area contributed by atoms with Gasteiger partial charge in [0.1, 0.15) is 0 Å². The predicted octanol–water partition coefficient (Wildman–Crippen LogP) is 3.54. The summed E-state index contributed by atoms with van der Waals surface area (Å²) in [6.45, 7) is 4.45. The minimum Gasteiger partial charge on any atom is -0.321 e. The van der Waals surface area contributed by atoms with Gasteiger partial charge in [-0.15, -0.1) is 0 Å². The zero-order chi connectivity index (χ0) is 10.9. The van der Waals surface area contributed by atoms with E-state index in [1.165, 1.54) is 24.0 Å². The second kappa shape index (κ2) is 3.97. The van der Waals surface area contributed by atoms with Gasteiger partial charge in [-0.05, 0) is 29.9 Å². The molecule has 2 rings (SSSR count). The van der Waals surface area contributed by atoms with Crippen molar-refractivity contribution < 1.29 is 0 Å². The van der Waals surface area contributed by atoms with E-state index in [4.69, 9.17) is 5.73 Å². The van der Waals surface area contributed by atoms with E-state index in [-0.39, 0.29) is 5.54 Å². The number of hydrogen-bond acceptors (Lipinski definition) is 1. The van der Waals surface area contributed by atoms with Gasteiger partial charge in [0.25, 0.3) is 0 Å². The Kier molecular flexibility index (Phi) is 2.83. The van der Waals surface area contributed by atoms with E-state index in [1.54, 1.807) is 0 Å². The maximum atomic E-state index is 6.41. The molecule has 0 unspecified atom stereocenters. The second-order valence-electron chi connectivity index (χ2n) is 5.14. The van der Waals surface area contributed by atoms with Gasteiger partial charge in [0.2, 0.25) is 0 Å². The van der Waals surface area contributed by atoms with Crippen molar-refractivity contribution in [1.82, 2.24) is 0 Å². The molecule has 0 spiro atoms. The molecule has 1 fully saturated rings. The van der Waals surface area contributed by atoms with Crippen LogP contribution < -0.4 is 5.73 Å². The SMILES string of the molecule is CC(C)c1ccc(C2(N)CCCC2)cc1. The molecule has 0 heterocycles. The first kappa shape index (κ1) is 10.7. The lowest BCUT2D eigenvalue weighted by Gasteiger charge is -2.24. The predicted molar refractivity (Wildman–Crippen MR) is 64.9 cm³/mol. The quantitative estimate of drug-likeness (QED) is 0.781. The smallest absolute Gasteiger partial charge is 0.0409 e. The Hall–Kier alpha value is -0.820. The minimum absolute atomic E-state index is 0.0322. The van der Waals surface area contributed by atoms with Crippen molar-refractivity contribution in [2.75, 3.05) is 0 Å². The topological polar surface area (TPSA) is 26.0 Å². The Morgan fingerprint density at radius 2 is 1.60 bits per heavy atom. The summed E-state index contributed by atoms with van der Waals surface area (Å²) in [5.74, 6) is 0.608. The monoisotopic (exact) mass is 203 g/mol. The van der Waals surface area contributed by atoms with E-state index < -0.39 is 0 Å². The molecule has 1 aliphatic carbocycles. The van der Waals surface area contributed by atoms with E-state index in [0.29, 0.717) is 5.92 Å². The summed E-state index contributed by atoms with van der Waals surface area (Å²) >= 11 is 0. The molecule has 0 amide bonds. The first-order valence-corrected chi connectivity index (χ1v) is 6.01. The van der Waals surface area contributed by atoms with Gasteiger partial charge < -0.3 is 5.73 Å². The zero-order valence-electron chi connectivity index (χ0n) is 9.79. The van der Waals surface area contributed by atoms with Crippen molar-refractivity contribution >= 4 is 0 Å². The van der Waals surface area contributed by atoms with E-state index in [9.17, 15) is 0 Å². The van der Waals surface area contributed by atoms with Crippen LogP contribution >= 0.6 is 0 Å². The van der Waals surface area contributed by atoms with Crippen LogP contribution in [-0.4, -0.2) is 0 Å². The van der Waals surface area contributed by atoms with Crippen LogP contribution in [0.15, 0.2) is 24.3 Å². The van der Waals surface area contributed by atoms with E-state index >= 15 is 0 Å². The summed E-state index contributed by atoms with van der Waals surface area (Å²) in [6.07, 6.45) is 4.85. The lowest BCUT2D eigenvalue weighted by atomic mass is 9.88. The Bertz CT molecular complexity index is 318. The highest BCUT2D eigenvalue weighted by Gasteiger charge is 2.30. The van der Waals surface area contributed by atoms with Crippen molar-refractivity contribution in [2.24, 2.45) is 5.73 Å². The van der Waals surface area contributed by atoms with Gasteiger partial charge in [0.15, 0.2) is 0 Å². The molecular formula is C14H21N. The Labute approximate surface area is 92.7 Å². The molecule has 0 atom stereocenters. The molecule has 1 aromatic rings. The molecule has 15 heavy (non-hydrogen) atoms. The van der Waals surface area contributed by atoms with Crippen LogP contribution in [0.5, 0.6) is 0 Å². The first-order chi connectivity index (χ1) is 7.12. The Balaban J connectivity index is 2.23. The molecule has 1 heteroatoms. The number of rotatable bonds is 2. The Morgan fingerprint density at radius 1 is 1.07 bits per heavy atom. The molecule has 0 radical (unpaired) electrons. The third-order valence-corrected chi connectivity index (χ3v) is 3.65. The van der Waals surface area contributed by atoms with Crippen molar-refractivity contribution in [3.05, 3.63) is 35.4 Å². The van der Waals surface area contributed by atoms with Crippen LogP contribution in [0, 0.1) is 0 Å². The molecule has 0 aromatic heterocycles. The number of benzene rings is 1. The highest BCUT2D eigenvalue weighted by atomic mass is 14.8. The van der Waals surface area contributed by atoms with Crippen LogP contribution in [0.25, 0.3) is 0 Å². The maximum absolute atomic E-state index is 6.41. The molecule has 1 aromatic carbocycles.